The first-order valence-corrected chi connectivity index (χ1v) is 7.02. The summed E-state index contributed by atoms with van der Waals surface area (Å²) in [6, 6.07) is 2.68. The van der Waals surface area contributed by atoms with Gasteiger partial charge in [0.2, 0.25) is 0 Å². The Morgan fingerprint density at radius 2 is 1.65 bits per heavy atom. The van der Waals surface area contributed by atoms with Crippen molar-refractivity contribution in [2.45, 2.75) is 32.6 Å². The lowest BCUT2D eigenvalue weighted by molar-refractivity contribution is -0.394. The molecule has 0 saturated carbocycles. The van der Waals surface area contributed by atoms with E-state index in [0.29, 0.717) is 6.42 Å². The Morgan fingerprint density at radius 1 is 1.09 bits per heavy atom. The van der Waals surface area contributed by atoms with Crippen molar-refractivity contribution >= 4 is 17.3 Å². The number of nitro groups is 2. The lowest BCUT2D eigenvalue weighted by Gasteiger charge is -2.03. The molecule has 0 amide bonds. The van der Waals surface area contributed by atoms with Crippen molar-refractivity contribution in [3.63, 3.8) is 0 Å². The molecular weight excluding hydrogens is 304 g/mol. The van der Waals surface area contributed by atoms with Gasteiger partial charge in [-0.15, -0.1) is 5.92 Å². The predicted molar refractivity (Wildman–Crippen MR) is 82.0 cm³/mol. The van der Waals surface area contributed by atoms with E-state index in [1.807, 2.05) is 0 Å². The van der Waals surface area contributed by atoms with Crippen molar-refractivity contribution in [1.29, 1.82) is 0 Å². The Morgan fingerprint density at radius 3 is 2.17 bits per heavy atom. The standard InChI is InChI=1S/C15H16N2O6/c1-2-3-4-5-6-7-8-23-15(18)12-9-13(16(19)20)11-14(10-12)17(21)22/h9-11H,2-4,7-8H2,1H3. The molecule has 8 heteroatoms. The van der Waals surface area contributed by atoms with Crippen LogP contribution in [0.25, 0.3) is 0 Å². The van der Waals surface area contributed by atoms with E-state index in [0.717, 1.165) is 37.5 Å². The normalized spacial score (nSPS) is 9.61. The molecule has 0 bridgehead atoms. The number of benzene rings is 1. The zero-order chi connectivity index (χ0) is 17.2. The highest BCUT2D eigenvalue weighted by Crippen LogP contribution is 2.23. The summed E-state index contributed by atoms with van der Waals surface area (Å²) in [4.78, 5) is 31.7. The van der Waals surface area contributed by atoms with Crippen molar-refractivity contribution in [2.24, 2.45) is 0 Å². The summed E-state index contributed by atoms with van der Waals surface area (Å²) in [5.41, 5.74) is -1.30. The fraction of sp³-hybridized carbons (Fsp3) is 0.400. The second kappa shape index (κ2) is 9.15. The Kier molecular flexibility index (Phi) is 7.20. The molecule has 23 heavy (non-hydrogen) atoms. The van der Waals surface area contributed by atoms with Crippen molar-refractivity contribution in [1.82, 2.24) is 0 Å². The van der Waals surface area contributed by atoms with E-state index in [1.54, 1.807) is 0 Å². The number of hydrogen-bond acceptors (Lipinski definition) is 6. The van der Waals surface area contributed by atoms with Gasteiger partial charge in [-0.1, -0.05) is 19.3 Å². The molecule has 0 heterocycles. The molecular formula is C15H16N2O6. The first kappa shape index (κ1) is 18.1. The predicted octanol–water partition coefficient (Wildman–Crippen LogP) is 3.24. The van der Waals surface area contributed by atoms with Crippen LogP contribution in [0.1, 0.15) is 43.0 Å². The Labute approximate surface area is 132 Å². The molecule has 0 unspecified atom stereocenters. The summed E-state index contributed by atoms with van der Waals surface area (Å²) >= 11 is 0. The molecule has 1 aromatic carbocycles. The van der Waals surface area contributed by atoms with Gasteiger partial charge in [0.15, 0.2) is 0 Å². The molecule has 1 rings (SSSR count). The van der Waals surface area contributed by atoms with Crippen molar-refractivity contribution in [3.05, 3.63) is 44.0 Å². The van der Waals surface area contributed by atoms with E-state index in [4.69, 9.17) is 4.74 Å². The zero-order valence-electron chi connectivity index (χ0n) is 12.6. The minimum atomic E-state index is -0.854. The fourth-order valence-corrected chi connectivity index (χ4v) is 1.64. The van der Waals surface area contributed by atoms with E-state index >= 15 is 0 Å². The second-order valence-electron chi connectivity index (χ2n) is 4.60. The SMILES string of the molecule is CCCCC#CCCOC(=O)c1cc([N+](=O)[O-])cc([N+](=O)[O-])c1. The third-order valence-corrected chi connectivity index (χ3v) is 2.80. The van der Waals surface area contributed by atoms with Crippen LogP contribution < -0.4 is 0 Å². The van der Waals surface area contributed by atoms with E-state index < -0.39 is 27.2 Å². The van der Waals surface area contributed by atoms with Crippen molar-refractivity contribution < 1.29 is 19.4 Å². The molecule has 0 N–H and O–H groups in total. The fourth-order valence-electron chi connectivity index (χ4n) is 1.64. The summed E-state index contributed by atoms with van der Waals surface area (Å²) in [5.74, 6) is 4.92. The van der Waals surface area contributed by atoms with Crippen LogP contribution in [0.15, 0.2) is 18.2 Å². The van der Waals surface area contributed by atoms with Crippen LogP contribution in [-0.2, 0) is 4.74 Å². The van der Waals surface area contributed by atoms with Crippen molar-refractivity contribution in [3.8, 4) is 11.8 Å². The highest BCUT2D eigenvalue weighted by molar-refractivity contribution is 5.91. The highest BCUT2D eigenvalue weighted by atomic mass is 16.6. The van der Waals surface area contributed by atoms with Crippen LogP contribution in [0.2, 0.25) is 0 Å². The zero-order valence-corrected chi connectivity index (χ0v) is 12.6. The molecule has 8 nitrogen and oxygen atoms in total. The molecule has 0 aromatic heterocycles. The number of rotatable bonds is 7. The third-order valence-electron chi connectivity index (χ3n) is 2.80. The molecule has 0 fully saturated rings. The van der Waals surface area contributed by atoms with Gasteiger partial charge in [-0.05, 0) is 6.42 Å². The summed E-state index contributed by atoms with van der Waals surface area (Å²) in [7, 11) is 0. The van der Waals surface area contributed by atoms with Gasteiger partial charge in [0.1, 0.15) is 6.61 Å². The van der Waals surface area contributed by atoms with Gasteiger partial charge in [0.05, 0.1) is 21.5 Å². The van der Waals surface area contributed by atoms with Crippen LogP contribution >= 0.6 is 0 Å². The summed E-state index contributed by atoms with van der Waals surface area (Å²) in [6.07, 6.45) is 3.17. The first-order chi connectivity index (χ1) is 11.0. The Bertz CT molecular complexity index is 627. The van der Waals surface area contributed by atoms with Crippen LogP contribution in [0.5, 0.6) is 0 Å². The van der Waals surface area contributed by atoms with Gasteiger partial charge in [0.25, 0.3) is 11.4 Å². The molecule has 0 aliphatic rings. The number of carbonyl (C=O) groups excluding carboxylic acids is 1. The number of carbonyl (C=O) groups is 1. The molecule has 0 atom stereocenters. The highest BCUT2D eigenvalue weighted by Gasteiger charge is 2.20. The largest absolute Gasteiger partial charge is 0.461 e. The van der Waals surface area contributed by atoms with Gasteiger partial charge in [-0.2, -0.15) is 0 Å². The monoisotopic (exact) mass is 320 g/mol. The topological polar surface area (TPSA) is 113 Å². The first-order valence-electron chi connectivity index (χ1n) is 7.02. The second-order valence-corrected chi connectivity index (χ2v) is 4.60. The lowest BCUT2D eigenvalue weighted by atomic mass is 10.2. The molecule has 122 valence electrons. The van der Waals surface area contributed by atoms with Gasteiger partial charge < -0.3 is 4.74 Å². The molecule has 1 aromatic rings. The number of nitro benzene ring substituents is 2. The minimum absolute atomic E-state index is 0.0223. The average Bonchev–Trinajstić information content (AvgIpc) is 2.53. The Balaban J connectivity index is 2.69. The number of esters is 1. The number of unbranched alkanes of at least 4 members (excludes halogenated alkanes) is 2. The van der Waals surface area contributed by atoms with Crippen LogP contribution in [-0.4, -0.2) is 22.4 Å². The average molecular weight is 320 g/mol. The number of ether oxygens (including phenoxy) is 1. The smallest absolute Gasteiger partial charge is 0.338 e. The van der Waals surface area contributed by atoms with E-state index in [9.17, 15) is 25.0 Å². The summed E-state index contributed by atoms with van der Waals surface area (Å²) < 4.78 is 4.92. The third kappa shape index (κ3) is 6.13. The number of hydrogen-bond donors (Lipinski definition) is 0. The molecule has 0 saturated heterocycles. The van der Waals surface area contributed by atoms with Crippen LogP contribution in [0.4, 0.5) is 11.4 Å². The maximum atomic E-state index is 11.8. The molecule has 0 radical (unpaired) electrons. The molecule has 0 aliphatic heterocycles. The number of nitrogens with zero attached hydrogens (tertiary/aromatic N) is 2. The van der Waals surface area contributed by atoms with Crippen LogP contribution in [0.3, 0.4) is 0 Å². The van der Waals surface area contributed by atoms with E-state index in [1.165, 1.54) is 0 Å². The summed E-state index contributed by atoms with van der Waals surface area (Å²) in [6.45, 7) is 2.08. The van der Waals surface area contributed by atoms with E-state index in [2.05, 4.69) is 18.8 Å². The quantitative estimate of drug-likeness (QED) is 0.250. The number of non-ortho nitro benzene ring substituents is 2. The Hall–Kier alpha value is -2.95. The molecule has 0 aliphatic carbocycles. The lowest BCUT2D eigenvalue weighted by Crippen LogP contribution is -2.07. The van der Waals surface area contributed by atoms with Crippen molar-refractivity contribution in [2.75, 3.05) is 6.61 Å². The van der Waals surface area contributed by atoms with Gasteiger partial charge in [-0.3, -0.25) is 20.2 Å². The minimum Gasteiger partial charge on any atom is -0.461 e. The van der Waals surface area contributed by atoms with Gasteiger partial charge >= 0.3 is 5.97 Å². The molecule has 0 spiro atoms. The maximum Gasteiger partial charge on any atom is 0.338 e. The van der Waals surface area contributed by atoms with Gasteiger partial charge in [0, 0.05) is 25.0 Å². The maximum absolute atomic E-state index is 11.8. The summed E-state index contributed by atoms with van der Waals surface area (Å²) in [5, 5.41) is 21.5. The van der Waals surface area contributed by atoms with Gasteiger partial charge in [-0.25, -0.2) is 4.79 Å². The van der Waals surface area contributed by atoms with Crippen LogP contribution in [0, 0.1) is 32.1 Å². The van der Waals surface area contributed by atoms with E-state index in [-0.39, 0.29) is 12.2 Å².